The minimum atomic E-state index is 0.317. The Labute approximate surface area is 87.5 Å². The molecule has 1 rings (SSSR count). The second kappa shape index (κ2) is 6.18. The summed E-state index contributed by atoms with van der Waals surface area (Å²) in [5.74, 6) is 1.41. The quantitative estimate of drug-likeness (QED) is 0.733. The fraction of sp³-hybridized carbons (Fsp3) is 0.917. The first kappa shape index (κ1) is 11.7. The molecule has 2 nitrogen and oxygen atoms in total. The van der Waals surface area contributed by atoms with Crippen LogP contribution in [0.25, 0.3) is 0 Å². The van der Waals surface area contributed by atoms with Crippen molar-refractivity contribution in [3.05, 3.63) is 0 Å². The van der Waals surface area contributed by atoms with Crippen molar-refractivity contribution < 1.29 is 4.79 Å². The molecule has 1 heterocycles. The first-order chi connectivity index (χ1) is 6.77. The molecule has 0 aliphatic carbocycles. The van der Waals surface area contributed by atoms with Crippen LogP contribution in [0.2, 0.25) is 0 Å². The maximum atomic E-state index is 11.8. The molecule has 0 saturated carbocycles. The summed E-state index contributed by atoms with van der Waals surface area (Å²) in [5, 5.41) is 3.36. The van der Waals surface area contributed by atoms with Crippen LogP contribution < -0.4 is 5.32 Å². The fourth-order valence-corrected chi connectivity index (χ4v) is 2.29. The molecule has 1 saturated heterocycles. The number of Topliss-reactive ketones (excluding diaryl/α,β-unsaturated/α-hetero) is 1. The van der Waals surface area contributed by atoms with Gasteiger partial charge in [0.05, 0.1) is 0 Å². The van der Waals surface area contributed by atoms with E-state index >= 15 is 0 Å². The minimum absolute atomic E-state index is 0.317. The predicted octanol–water partition coefficient (Wildman–Crippen LogP) is 2.38. The van der Waals surface area contributed by atoms with E-state index in [0.29, 0.717) is 17.6 Å². The van der Waals surface area contributed by atoms with Crippen LogP contribution in [0.3, 0.4) is 0 Å². The highest BCUT2D eigenvalue weighted by molar-refractivity contribution is 5.81. The van der Waals surface area contributed by atoms with E-state index in [-0.39, 0.29) is 0 Å². The number of hydrogen-bond donors (Lipinski definition) is 1. The maximum Gasteiger partial charge on any atom is 0.136 e. The number of carbonyl (C=O) groups excluding carboxylic acids is 1. The molecule has 0 spiro atoms. The lowest BCUT2D eigenvalue weighted by atomic mass is 9.87. The molecule has 1 atom stereocenters. The number of nitrogens with one attached hydrogen (secondary N) is 1. The van der Waals surface area contributed by atoms with Gasteiger partial charge in [-0.05, 0) is 44.7 Å². The maximum absolute atomic E-state index is 11.8. The van der Waals surface area contributed by atoms with Crippen LogP contribution in [-0.4, -0.2) is 18.9 Å². The summed E-state index contributed by atoms with van der Waals surface area (Å²) in [5.41, 5.74) is 0. The monoisotopic (exact) mass is 197 g/mol. The normalized spacial score (nSPS) is 22.6. The lowest BCUT2D eigenvalue weighted by molar-refractivity contribution is -0.124. The fourth-order valence-electron chi connectivity index (χ4n) is 2.29. The standard InChI is InChI=1S/C12H23NO/c1-3-11(4-2)12(14)8-10-6-5-7-13-9-10/h10-11,13H,3-9H2,1-2H3. The van der Waals surface area contributed by atoms with E-state index in [1.54, 1.807) is 0 Å². The zero-order valence-corrected chi connectivity index (χ0v) is 9.51. The second-order valence-corrected chi connectivity index (χ2v) is 4.40. The smallest absolute Gasteiger partial charge is 0.136 e. The van der Waals surface area contributed by atoms with Crippen LogP contribution in [0.4, 0.5) is 0 Å². The summed E-state index contributed by atoms with van der Waals surface area (Å²) in [6.07, 6.45) is 5.30. The largest absolute Gasteiger partial charge is 0.316 e. The van der Waals surface area contributed by atoms with Gasteiger partial charge in [-0.15, -0.1) is 0 Å². The van der Waals surface area contributed by atoms with Crippen molar-refractivity contribution in [3.8, 4) is 0 Å². The molecule has 1 unspecified atom stereocenters. The SMILES string of the molecule is CCC(CC)C(=O)CC1CCCNC1. The summed E-state index contributed by atoms with van der Waals surface area (Å²) in [6.45, 7) is 6.41. The molecule has 0 bridgehead atoms. The Hall–Kier alpha value is -0.370. The molecule has 82 valence electrons. The van der Waals surface area contributed by atoms with E-state index in [4.69, 9.17) is 0 Å². The molecular weight excluding hydrogens is 174 g/mol. The van der Waals surface area contributed by atoms with Crippen LogP contribution in [0.5, 0.6) is 0 Å². The second-order valence-electron chi connectivity index (χ2n) is 4.40. The molecule has 2 heteroatoms. The van der Waals surface area contributed by atoms with Crippen LogP contribution in [0.1, 0.15) is 46.0 Å². The van der Waals surface area contributed by atoms with Crippen molar-refractivity contribution in [3.63, 3.8) is 0 Å². The highest BCUT2D eigenvalue weighted by Crippen LogP contribution is 2.19. The molecule has 14 heavy (non-hydrogen) atoms. The average molecular weight is 197 g/mol. The molecule has 0 amide bonds. The molecule has 0 radical (unpaired) electrons. The number of carbonyl (C=O) groups is 1. The van der Waals surface area contributed by atoms with Crippen LogP contribution >= 0.6 is 0 Å². The van der Waals surface area contributed by atoms with Gasteiger partial charge in [0.25, 0.3) is 0 Å². The Bertz CT molecular complexity index is 169. The Balaban J connectivity index is 2.30. The van der Waals surface area contributed by atoms with Gasteiger partial charge in [-0.2, -0.15) is 0 Å². The lowest BCUT2D eigenvalue weighted by Crippen LogP contribution is -2.32. The van der Waals surface area contributed by atoms with Crippen molar-refractivity contribution in [2.24, 2.45) is 11.8 Å². The topological polar surface area (TPSA) is 29.1 Å². The van der Waals surface area contributed by atoms with Crippen molar-refractivity contribution in [2.45, 2.75) is 46.0 Å². The van der Waals surface area contributed by atoms with Crippen LogP contribution in [0.15, 0.2) is 0 Å². The minimum Gasteiger partial charge on any atom is -0.316 e. The van der Waals surface area contributed by atoms with Gasteiger partial charge in [-0.1, -0.05) is 13.8 Å². The van der Waals surface area contributed by atoms with E-state index in [0.717, 1.165) is 32.4 Å². The number of hydrogen-bond acceptors (Lipinski definition) is 2. The predicted molar refractivity (Wildman–Crippen MR) is 59.3 cm³/mol. The summed E-state index contributed by atoms with van der Waals surface area (Å²) < 4.78 is 0. The van der Waals surface area contributed by atoms with Gasteiger partial charge in [-0.3, -0.25) is 4.79 Å². The zero-order chi connectivity index (χ0) is 10.4. The van der Waals surface area contributed by atoms with Crippen molar-refractivity contribution >= 4 is 5.78 Å². The van der Waals surface area contributed by atoms with Gasteiger partial charge < -0.3 is 5.32 Å². The van der Waals surface area contributed by atoms with Crippen molar-refractivity contribution in [2.75, 3.05) is 13.1 Å². The van der Waals surface area contributed by atoms with E-state index < -0.39 is 0 Å². The molecule has 0 aromatic heterocycles. The van der Waals surface area contributed by atoms with Gasteiger partial charge in [0.2, 0.25) is 0 Å². The Morgan fingerprint density at radius 3 is 2.64 bits per heavy atom. The van der Waals surface area contributed by atoms with Crippen LogP contribution in [-0.2, 0) is 4.79 Å². The van der Waals surface area contributed by atoms with Gasteiger partial charge in [0.15, 0.2) is 0 Å². The van der Waals surface area contributed by atoms with E-state index in [9.17, 15) is 4.79 Å². The van der Waals surface area contributed by atoms with E-state index in [1.807, 2.05) is 0 Å². The van der Waals surface area contributed by atoms with Crippen molar-refractivity contribution in [1.29, 1.82) is 0 Å². The summed E-state index contributed by atoms with van der Waals surface area (Å²) in [7, 11) is 0. The molecule has 1 aliphatic rings. The first-order valence-corrected chi connectivity index (χ1v) is 6.01. The van der Waals surface area contributed by atoms with Gasteiger partial charge in [0, 0.05) is 12.3 Å². The third-order valence-corrected chi connectivity index (χ3v) is 3.33. The molecule has 1 N–H and O–H groups in total. The molecule has 0 aromatic carbocycles. The number of ketones is 1. The summed E-state index contributed by atoms with van der Waals surface area (Å²) in [4.78, 5) is 11.8. The van der Waals surface area contributed by atoms with Gasteiger partial charge >= 0.3 is 0 Å². The first-order valence-electron chi connectivity index (χ1n) is 6.01. The average Bonchev–Trinajstić information content (AvgIpc) is 2.21. The van der Waals surface area contributed by atoms with Crippen LogP contribution in [0, 0.1) is 11.8 Å². The molecule has 1 aliphatic heterocycles. The molecule has 0 aromatic rings. The Morgan fingerprint density at radius 2 is 2.14 bits per heavy atom. The Morgan fingerprint density at radius 1 is 1.43 bits per heavy atom. The molecule has 1 fully saturated rings. The summed E-state index contributed by atoms with van der Waals surface area (Å²) in [6, 6.07) is 0. The highest BCUT2D eigenvalue weighted by atomic mass is 16.1. The van der Waals surface area contributed by atoms with E-state index in [1.165, 1.54) is 12.8 Å². The third-order valence-electron chi connectivity index (χ3n) is 3.33. The van der Waals surface area contributed by atoms with Crippen molar-refractivity contribution in [1.82, 2.24) is 5.32 Å². The van der Waals surface area contributed by atoms with Gasteiger partial charge in [0.1, 0.15) is 5.78 Å². The zero-order valence-electron chi connectivity index (χ0n) is 9.51. The highest BCUT2D eigenvalue weighted by Gasteiger charge is 2.20. The number of rotatable bonds is 5. The number of piperidine rings is 1. The lowest BCUT2D eigenvalue weighted by Gasteiger charge is -2.23. The Kier molecular flexibility index (Phi) is 5.16. The summed E-state index contributed by atoms with van der Waals surface area (Å²) >= 11 is 0. The third kappa shape index (κ3) is 3.41. The molecular formula is C12H23NO. The van der Waals surface area contributed by atoms with Gasteiger partial charge in [-0.25, -0.2) is 0 Å². The van der Waals surface area contributed by atoms with E-state index in [2.05, 4.69) is 19.2 Å².